The average molecular weight is 345 g/mol. The number of nitrogens with zero attached hydrogens (tertiary/aromatic N) is 2. The Hall–Kier alpha value is -1.04. The molecule has 0 bridgehead atoms. The third-order valence-electron chi connectivity index (χ3n) is 2.91. The highest BCUT2D eigenvalue weighted by molar-refractivity contribution is 6.60. The molecule has 0 N–H and O–H groups in total. The number of rotatable bonds is 8. The Labute approximate surface area is 129 Å². The van der Waals surface area contributed by atoms with Gasteiger partial charge in [-0.15, -0.1) is 0 Å². The lowest BCUT2D eigenvalue weighted by Gasteiger charge is -2.25. The van der Waals surface area contributed by atoms with Crippen LogP contribution in [0.15, 0.2) is 25.2 Å². The van der Waals surface area contributed by atoms with Crippen LogP contribution in [0.25, 0.3) is 0 Å². The molecule has 0 aromatic carbocycles. The first kappa shape index (κ1) is 21.0. The summed E-state index contributed by atoms with van der Waals surface area (Å²) in [7, 11) is -3.46. The summed E-state index contributed by atoms with van der Waals surface area (Å²) in [6.45, 7) is 5.56. The molecule has 1 aliphatic heterocycles. The zero-order chi connectivity index (χ0) is 17.2. The molecule has 0 atom stereocenters. The van der Waals surface area contributed by atoms with Crippen LogP contribution in [0.2, 0.25) is 6.04 Å². The highest BCUT2D eigenvalue weighted by Gasteiger charge is 2.37. The lowest BCUT2D eigenvalue weighted by molar-refractivity contribution is 0.122. The first-order valence-electron chi connectivity index (χ1n) is 6.53. The van der Waals surface area contributed by atoms with E-state index in [4.69, 9.17) is 13.3 Å². The monoisotopic (exact) mass is 345 g/mol. The van der Waals surface area contributed by atoms with Crippen molar-refractivity contribution in [3.8, 4) is 0 Å². The van der Waals surface area contributed by atoms with Crippen molar-refractivity contribution < 1.29 is 30.5 Å². The van der Waals surface area contributed by atoms with E-state index in [2.05, 4.69) is 17.7 Å². The summed E-state index contributed by atoms with van der Waals surface area (Å²) >= 11 is 0. The van der Waals surface area contributed by atoms with Gasteiger partial charge in [0.05, 0.1) is 6.67 Å². The van der Waals surface area contributed by atoms with E-state index in [1.165, 1.54) is 0 Å². The molecule has 0 aromatic heterocycles. The molecule has 0 saturated carbocycles. The fourth-order valence-corrected chi connectivity index (χ4v) is 3.51. The van der Waals surface area contributed by atoms with Gasteiger partial charge in [0.2, 0.25) is 0 Å². The molecule has 0 spiro atoms. The molecule has 0 saturated heterocycles. The second kappa shape index (κ2) is 9.87. The first-order chi connectivity index (χ1) is 10.2. The van der Waals surface area contributed by atoms with E-state index in [9.17, 15) is 17.3 Å². The van der Waals surface area contributed by atoms with Gasteiger partial charge in [0.15, 0.2) is 0 Å². The maximum absolute atomic E-state index is 9.75. The quantitative estimate of drug-likeness (QED) is 0.499. The van der Waals surface area contributed by atoms with Gasteiger partial charge >= 0.3 is 16.1 Å². The fourth-order valence-electron chi connectivity index (χ4n) is 1.80. The molecule has 0 aliphatic carbocycles. The summed E-state index contributed by atoms with van der Waals surface area (Å²) in [5.74, 6) is 0. The average Bonchev–Trinajstić information content (AvgIpc) is 2.90. The van der Waals surface area contributed by atoms with Gasteiger partial charge in [-0.1, -0.05) is 6.58 Å². The van der Waals surface area contributed by atoms with E-state index in [0.29, 0.717) is 0 Å². The van der Waals surface area contributed by atoms with Crippen LogP contribution in [0.3, 0.4) is 0 Å². The molecule has 0 aromatic rings. The normalized spacial score (nSPS) is 14.9. The van der Waals surface area contributed by atoms with Crippen LogP contribution >= 0.6 is 0 Å². The third kappa shape index (κ3) is 9.08. The van der Waals surface area contributed by atoms with Crippen molar-refractivity contribution in [3.63, 3.8) is 0 Å². The molecule has 0 amide bonds. The van der Waals surface area contributed by atoms with Crippen LogP contribution in [0.1, 0.15) is 6.42 Å². The maximum atomic E-state index is 9.75. The Morgan fingerprint density at radius 3 is 2.00 bits per heavy atom. The summed E-state index contributed by atoms with van der Waals surface area (Å²) in [4.78, 5) is 4.26. The minimum Gasteiger partial charge on any atom is -0.418 e. The van der Waals surface area contributed by atoms with Gasteiger partial charge < -0.3 is 40.3 Å². The molecule has 22 heavy (non-hydrogen) atoms. The fraction of sp³-hybridized carbons (Fsp3) is 0.636. The molecule has 11 heteroatoms. The Balaban J connectivity index is 0.000000763. The lowest BCUT2D eigenvalue weighted by Crippen LogP contribution is -2.43. The van der Waals surface area contributed by atoms with Crippen LogP contribution in [0.4, 0.5) is 17.3 Å². The zero-order valence-corrected chi connectivity index (χ0v) is 14.0. The van der Waals surface area contributed by atoms with Crippen molar-refractivity contribution in [3.05, 3.63) is 25.2 Å². The van der Waals surface area contributed by atoms with Gasteiger partial charge in [0.25, 0.3) is 0 Å². The summed E-state index contributed by atoms with van der Waals surface area (Å²) < 4.78 is 55.1. The van der Waals surface area contributed by atoms with Crippen molar-refractivity contribution >= 4 is 16.1 Å². The standard InChI is InChI=1S/C11H22N2O3Si.BF4/c1-5-12-8-9-13(11-12)7-6-10-17(14-2,15-3)16-4;2-1(3,4)5/h5,8-9H,1,6-7,10-11H2,2-4H3;/q;-1. The van der Waals surface area contributed by atoms with E-state index in [1.807, 2.05) is 17.3 Å². The second-order valence-electron chi connectivity index (χ2n) is 4.34. The van der Waals surface area contributed by atoms with Crippen molar-refractivity contribution in [2.45, 2.75) is 12.5 Å². The van der Waals surface area contributed by atoms with E-state index >= 15 is 0 Å². The molecular formula is C11H22BF4N2O3Si-. The molecule has 0 fully saturated rings. The maximum Gasteiger partial charge on any atom is 0.673 e. The zero-order valence-electron chi connectivity index (χ0n) is 13.0. The van der Waals surface area contributed by atoms with Crippen LogP contribution in [-0.4, -0.2) is 60.4 Å². The minimum absolute atomic E-state index is 0.828. The van der Waals surface area contributed by atoms with Gasteiger partial charge in [0, 0.05) is 46.3 Å². The second-order valence-corrected chi connectivity index (χ2v) is 7.43. The highest BCUT2D eigenvalue weighted by Crippen LogP contribution is 2.16. The molecule has 5 nitrogen and oxygen atoms in total. The molecule has 1 aliphatic rings. The summed E-state index contributed by atoms with van der Waals surface area (Å²) in [5.41, 5.74) is 0. The molecule has 1 rings (SSSR count). The van der Waals surface area contributed by atoms with Crippen LogP contribution in [-0.2, 0) is 13.3 Å². The number of hydrogen-bond acceptors (Lipinski definition) is 5. The van der Waals surface area contributed by atoms with Gasteiger partial charge in [-0.2, -0.15) is 0 Å². The van der Waals surface area contributed by atoms with Crippen molar-refractivity contribution in [2.24, 2.45) is 0 Å². The van der Waals surface area contributed by atoms with Gasteiger partial charge in [-0.05, 0) is 12.6 Å². The third-order valence-corrected chi connectivity index (χ3v) is 5.74. The molecule has 1 heterocycles. The van der Waals surface area contributed by atoms with Gasteiger partial charge in [-0.3, -0.25) is 0 Å². The molecular weight excluding hydrogens is 323 g/mol. The van der Waals surface area contributed by atoms with Crippen molar-refractivity contribution in [2.75, 3.05) is 34.5 Å². The SMILES string of the molecule is C=CN1C=CN(CCC[Si](OC)(OC)OC)C1.F[B-](F)(F)F. The Bertz CT molecular complexity index is 342. The number of halogens is 4. The molecule has 0 unspecified atom stereocenters. The largest absolute Gasteiger partial charge is 0.673 e. The predicted octanol–water partition coefficient (Wildman–Crippen LogP) is 2.74. The van der Waals surface area contributed by atoms with Gasteiger partial charge in [-0.25, -0.2) is 0 Å². The Kier molecular flexibility index (Phi) is 9.41. The first-order valence-corrected chi connectivity index (χ1v) is 8.46. The van der Waals surface area contributed by atoms with Crippen molar-refractivity contribution in [1.29, 1.82) is 0 Å². The number of hydrogen-bond donors (Lipinski definition) is 0. The molecule has 0 radical (unpaired) electrons. The van der Waals surface area contributed by atoms with E-state index in [1.54, 1.807) is 21.3 Å². The molecule has 130 valence electrons. The van der Waals surface area contributed by atoms with E-state index < -0.39 is 16.1 Å². The topological polar surface area (TPSA) is 34.2 Å². The van der Waals surface area contributed by atoms with Gasteiger partial charge in [0.1, 0.15) is 0 Å². The van der Waals surface area contributed by atoms with Crippen molar-refractivity contribution in [1.82, 2.24) is 9.80 Å². The van der Waals surface area contributed by atoms with E-state index in [0.717, 1.165) is 25.7 Å². The highest BCUT2D eigenvalue weighted by atomic mass is 28.4. The van der Waals surface area contributed by atoms with Crippen LogP contribution in [0, 0.1) is 0 Å². The smallest absolute Gasteiger partial charge is 0.418 e. The Morgan fingerprint density at radius 2 is 1.64 bits per heavy atom. The minimum atomic E-state index is -6.00. The summed E-state index contributed by atoms with van der Waals surface area (Å²) in [6.07, 6.45) is 6.88. The van der Waals surface area contributed by atoms with Crippen LogP contribution < -0.4 is 0 Å². The predicted molar refractivity (Wildman–Crippen MR) is 79.1 cm³/mol. The summed E-state index contributed by atoms with van der Waals surface area (Å²) in [5, 5.41) is 0. The lowest BCUT2D eigenvalue weighted by atomic mass is 10.3. The van der Waals surface area contributed by atoms with Crippen LogP contribution in [0.5, 0.6) is 0 Å². The Morgan fingerprint density at radius 1 is 1.14 bits per heavy atom. The summed E-state index contributed by atoms with van der Waals surface area (Å²) in [6, 6.07) is 0.828. The van der Waals surface area contributed by atoms with E-state index in [-0.39, 0.29) is 0 Å².